The standard InChI is InChI=1S/C21H16BrF3N2O3S/c22-18-11-4-5-12-19(18)26-20(28)14-27(31(29,30)17-9-2-1-3-10-17)16-8-6-7-15(13-16)21(23,24)25/h1-13H,14H2,(H,26,28). The Morgan fingerprint density at radius 3 is 2.23 bits per heavy atom. The molecular formula is C21H16BrF3N2O3S. The molecule has 0 fully saturated rings. The Morgan fingerprint density at radius 2 is 1.58 bits per heavy atom. The summed E-state index contributed by atoms with van der Waals surface area (Å²) in [4.78, 5) is 12.5. The van der Waals surface area contributed by atoms with Gasteiger partial charge in [-0.15, -0.1) is 0 Å². The summed E-state index contributed by atoms with van der Waals surface area (Å²) in [6, 6.07) is 17.7. The quantitative estimate of drug-likeness (QED) is 0.487. The van der Waals surface area contributed by atoms with Gasteiger partial charge in [0.15, 0.2) is 0 Å². The summed E-state index contributed by atoms with van der Waals surface area (Å²) in [5.74, 6) is -0.719. The number of hydrogen-bond acceptors (Lipinski definition) is 3. The fourth-order valence-corrected chi connectivity index (χ4v) is 4.57. The van der Waals surface area contributed by atoms with Crippen molar-refractivity contribution in [1.29, 1.82) is 0 Å². The second-order valence-corrected chi connectivity index (χ2v) is 9.12. The molecule has 3 aromatic carbocycles. The van der Waals surface area contributed by atoms with Gasteiger partial charge in [-0.1, -0.05) is 36.4 Å². The van der Waals surface area contributed by atoms with Gasteiger partial charge in [-0.25, -0.2) is 8.42 Å². The van der Waals surface area contributed by atoms with Gasteiger partial charge in [0, 0.05) is 4.47 Å². The van der Waals surface area contributed by atoms with Crippen LogP contribution in [-0.4, -0.2) is 20.9 Å². The lowest BCUT2D eigenvalue weighted by Gasteiger charge is -2.25. The molecule has 1 amide bonds. The van der Waals surface area contributed by atoms with Crippen molar-refractivity contribution >= 4 is 43.2 Å². The lowest BCUT2D eigenvalue weighted by atomic mass is 10.2. The van der Waals surface area contributed by atoms with Crippen LogP contribution in [0.25, 0.3) is 0 Å². The molecule has 3 aromatic rings. The summed E-state index contributed by atoms with van der Waals surface area (Å²) in [7, 11) is -4.32. The molecule has 31 heavy (non-hydrogen) atoms. The maximum atomic E-state index is 13.2. The number of sulfonamides is 1. The minimum Gasteiger partial charge on any atom is -0.323 e. The van der Waals surface area contributed by atoms with Crippen molar-refractivity contribution in [2.45, 2.75) is 11.1 Å². The molecule has 3 rings (SSSR count). The summed E-state index contributed by atoms with van der Waals surface area (Å²) in [5, 5.41) is 2.56. The van der Waals surface area contributed by atoms with Crippen LogP contribution in [-0.2, 0) is 21.0 Å². The Labute approximate surface area is 185 Å². The summed E-state index contributed by atoms with van der Waals surface area (Å²) in [5.41, 5.74) is -0.904. The predicted octanol–water partition coefficient (Wildman–Crippen LogP) is 5.30. The van der Waals surface area contributed by atoms with Crippen LogP contribution in [0, 0.1) is 0 Å². The smallest absolute Gasteiger partial charge is 0.323 e. The van der Waals surface area contributed by atoms with Gasteiger partial charge in [0.05, 0.1) is 21.8 Å². The third-order valence-corrected chi connectivity index (χ3v) is 6.71. The van der Waals surface area contributed by atoms with Crippen LogP contribution < -0.4 is 9.62 Å². The first-order chi connectivity index (χ1) is 14.6. The van der Waals surface area contributed by atoms with E-state index in [9.17, 15) is 26.4 Å². The van der Waals surface area contributed by atoms with Crippen molar-refractivity contribution in [3.63, 3.8) is 0 Å². The van der Waals surface area contributed by atoms with Crippen molar-refractivity contribution in [3.8, 4) is 0 Å². The van der Waals surface area contributed by atoms with E-state index >= 15 is 0 Å². The van der Waals surface area contributed by atoms with Gasteiger partial charge in [0.2, 0.25) is 5.91 Å². The molecule has 0 aromatic heterocycles. The Hall–Kier alpha value is -2.85. The monoisotopic (exact) mass is 512 g/mol. The number of alkyl halides is 3. The highest BCUT2D eigenvalue weighted by molar-refractivity contribution is 9.10. The molecule has 0 aliphatic carbocycles. The number of carbonyl (C=O) groups excluding carboxylic acids is 1. The fraction of sp³-hybridized carbons (Fsp3) is 0.0952. The zero-order valence-electron chi connectivity index (χ0n) is 15.8. The average molecular weight is 513 g/mol. The Bertz CT molecular complexity index is 1190. The van der Waals surface area contributed by atoms with Crippen LogP contribution in [0.3, 0.4) is 0 Å². The molecule has 0 atom stereocenters. The van der Waals surface area contributed by atoms with E-state index in [1.54, 1.807) is 30.3 Å². The van der Waals surface area contributed by atoms with Crippen LogP contribution >= 0.6 is 15.9 Å². The molecule has 10 heteroatoms. The van der Waals surface area contributed by atoms with Gasteiger partial charge in [-0.2, -0.15) is 13.2 Å². The number of hydrogen-bond donors (Lipinski definition) is 1. The van der Waals surface area contributed by atoms with Gasteiger partial charge < -0.3 is 5.32 Å². The summed E-state index contributed by atoms with van der Waals surface area (Å²) < 4.78 is 67.2. The highest BCUT2D eigenvalue weighted by atomic mass is 79.9. The van der Waals surface area contributed by atoms with Crippen molar-refractivity contribution in [2.75, 3.05) is 16.2 Å². The maximum absolute atomic E-state index is 13.2. The number of carbonyl (C=O) groups is 1. The first-order valence-electron chi connectivity index (χ1n) is 8.88. The van der Waals surface area contributed by atoms with Crippen molar-refractivity contribution in [3.05, 3.63) is 88.9 Å². The molecule has 0 radical (unpaired) electrons. The van der Waals surface area contributed by atoms with Crippen molar-refractivity contribution in [1.82, 2.24) is 0 Å². The number of halogens is 4. The largest absolute Gasteiger partial charge is 0.416 e. The Morgan fingerprint density at radius 1 is 0.935 bits per heavy atom. The minimum absolute atomic E-state index is 0.152. The number of anilines is 2. The first kappa shape index (κ1) is 22.8. The molecule has 5 nitrogen and oxygen atoms in total. The molecule has 0 saturated carbocycles. The van der Waals surface area contributed by atoms with E-state index in [-0.39, 0.29) is 10.6 Å². The number of nitrogens with zero attached hydrogens (tertiary/aromatic N) is 1. The maximum Gasteiger partial charge on any atom is 0.416 e. The summed E-state index contributed by atoms with van der Waals surface area (Å²) in [6.07, 6.45) is -4.67. The van der Waals surface area contributed by atoms with Crippen LogP contribution in [0.2, 0.25) is 0 Å². The van der Waals surface area contributed by atoms with Crippen LogP contribution in [0.15, 0.2) is 88.2 Å². The molecule has 1 N–H and O–H groups in total. The summed E-state index contributed by atoms with van der Waals surface area (Å²) in [6.45, 7) is -0.722. The molecule has 0 spiro atoms. The lowest BCUT2D eigenvalue weighted by Crippen LogP contribution is -2.38. The summed E-state index contributed by atoms with van der Waals surface area (Å²) >= 11 is 3.27. The van der Waals surface area contributed by atoms with Gasteiger partial charge in [0.1, 0.15) is 6.54 Å². The Kier molecular flexibility index (Phi) is 6.71. The van der Waals surface area contributed by atoms with E-state index in [1.165, 1.54) is 30.3 Å². The van der Waals surface area contributed by atoms with Crippen molar-refractivity contribution in [2.24, 2.45) is 0 Å². The van der Waals surface area contributed by atoms with Crippen molar-refractivity contribution < 1.29 is 26.4 Å². The molecule has 0 saturated heterocycles. The fourth-order valence-electron chi connectivity index (χ4n) is 2.75. The zero-order valence-corrected chi connectivity index (χ0v) is 18.2. The van der Waals surface area contributed by atoms with E-state index in [0.717, 1.165) is 12.1 Å². The van der Waals surface area contributed by atoms with E-state index in [1.807, 2.05) is 0 Å². The third-order valence-electron chi connectivity index (χ3n) is 4.23. The molecule has 0 bridgehead atoms. The van der Waals surface area contributed by atoms with Crippen LogP contribution in [0.4, 0.5) is 24.5 Å². The van der Waals surface area contributed by atoms with E-state index < -0.39 is 34.2 Å². The normalized spacial score (nSPS) is 11.7. The van der Waals surface area contributed by atoms with Crippen LogP contribution in [0.5, 0.6) is 0 Å². The topological polar surface area (TPSA) is 66.5 Å². The SMILES string of the molecule is O=C(CN(c1cccc(C(F)(F)F)c1)S(=O)(=O)c1ccccc1)Nc1ccccc1Br. The molecule has 0 unspecified atom stereocenters. The minimum atomic E-state index is -4.67. The van der Waals surface area contributed by atoms with Gasteiger partial charge in [-0.05, 0) is 58.4 Å². The second kappa shape index (κ2) is 9.11. The average Bonchev–Trinajstić information content (AvgIpc) is 2.74. The van der Waals surface area contributed by atoms with Crippen LogP contribution in [0.1, 0.15) is 5.56 Å². The lowest BCUT2D eigenvalue weighted by molar-refractivity contribution is -0.137. The number of amides is 1. The second-order valence-electron chi connectivity index (χ2n) is 6.40. The number of benzene rings is 3. The van der Waals surface area contributed by atoms with Gasteiger partial charge >= 0.3 is 6.18 Å². The number of rotatable bonds is 6. The number of para-hydroxylation sites is 1. The van der Waals surface area contributed by atoms with E-state index in [0.29, 0.717) is 20.5 Å². The highest BCUT2D eigenvalue weighted by Gasteiger charge is 2.33. The van der Waals surface area contributed by atoms with Gasteiger partial charge in [0.25, 0.3) is 10.0 Å². The Balaban J connectivity index is 2.01. The van der Waals surface area contributed by atoms with E-state index in [2.05, 4.69) is 21.2 Å². The molecule has 0 aliphatic heterocycles. The number of nitrogens with one attached hydrogen (secondary N) is 1. The highest BCUT2D eigenvalue weighted by Crippen LogP contribution is 2.33. The molecule has 0 heterocycles. The molecular weight excluding hydrogens is 497 g/mol. The molecule has 162 valence electrons. The molecule has 0 aliphatic rings. The third kappa shape index (κ3) is 5.45. The van der Waals surface area contributed by atoms with E-state index in [4.69, 9.17) is 0 Å². The zero-order chi connectivity index (χ0) is 22.6. The predicted molar refractivity (Wildman–Crippen MR) is 115 cm³/mol. The van der Waals surface area contributed by atoms with Gasteiger partial charge in [-0.3, -0.25) is 9.10 Å². The first-order valence-corrected chi connectivity index (χ1v) is 11.1.